The predicted molar refractivity (Wildman–Crippen MR) is 143 cm³/mol. The summed E-state index contributed by atoms with van der Waals surface area (Å²) in [6, 6.07) is 19.1. The van der Waals surface area contributed by atoms with Crippen molar-refractivity contribution in [1.29, 1.82) is 0 Å². The summed E-state index contributed by atoms with van der Waals surface area (Å²) in [7, 11) is -3.65. The maximum atomic E-state index is 13.8. The molecule has 0 unspecified atom stereocenters. The Balaban J connectivity index is 1.34. The molecule has 2 amide bonds. The van der Waals surface area contributed by atoms with Crippen molar-refractivity contribution in [2.45, 2.75) is 10.9 Å². The highest BCUT2D eigenvalue weighted by atomic mass is 32.2. The Bertz CT molecular complexity index is 1600. The Labute approximate surface area is 220 Å². The lowest BCUT2D eigenvalue weighted by atomic mass is 10.0. The van der Waals surface area contributed by atoms with E-state index in [-0.39, 0.29) is 16.7 Å². The zero-order valence-electron chi connectivity index (χ0n) is 20.7. The number of anilines is 1. The van der Waals surface area contributed by atoms with Crippen molar-refractivity contribution in [3.63, 3.8) is 0 Å². The Morgan fingerprint density at radius 3 is 2.39 bits per heavy atom. The smallest absolute Gasteiger partial charge is 0.252 e. The number of H-pyrrole nitrogens is 1. The van der Waals surface area contributed by atoms with Gasteiger partial charge >= 0.3 is 0 Å². The molecule has 1 saturated heterocycles. The monoisotopic (exact) mass is 534 g/mol. The zero-order valence-corrected chi connectivity index (χ0v) is 21.5. The lowest BCUT2D eigenvalue weighted by Gasteiger charge is -2.38. The van der Waals surface area contributed by atoms with E-state index in [1.807, 2.05) is 35.2 Å². The number of aromatic nitrogens is 1. The predicted octanol–water partition coefficient (Wildman–Crippen LogP) is 3.53. The average Bonchev–Trinajstić information content (AvgIpc) is 3.39. The number of piperazine rings is 1. The first kappa shape index (κ1) is 25.5. The number of fused-ring (bicyclic) bond motifs is 1. The third-order valence-corrected chi connectivity index (χ3v) is 7.85. The largest absolute Gasteiger partial charge is 0.367 e. The Morgan fingerprint density at radius 1 is 0.947 bits per heavy atom. The molecule has 0 saturated carbocycles. The lowest BCUT2D eigenvalue weighted by Crippen LogP contribution is -2.52. The van der Waals surface area contributed by atoms with Gasteiger partial charge in [0, 0.05) is 49.7 Å². The van der Waals surface area contributed by atoms with Crippen LogP contribution in [-0.4, -0.2) is 62.6 Å². The number of nitrogens with one attached hydrogen (secondary N) is 2. The van der Waals surface area contributed by atoms with Crippen molar-refractivity contribution in [2.75, 3.05) is 37.3 Å². The van der Waals surface area contributed by atoms with Crippen LogP contribution in [0.2, 0.25) is 0 Å². The van der Waals surface area contributed by atoms with Gasteiger partial charge in [-0.15, -0.1) is 0 Å². The molecule has 0 bridgehead atoms. The van der Waals surface area contributed by atoms with E-state index in [2.05, 4.69) is 10.3 Å². The van der Waals surface area contributed by atoms with E-state index in [1.54, 1.807) is 35.4 Å². The fraction of sp³-hybridized carbons (Fsp3) is 0.214. The number of hydrogen-bond acceptors (Lipinski definition) is 5. The van der Waals surface area contributed by atoms with Crippen molar-refractivity contribution < 1.29 is 22.4 Å². The average molecular weight is 535 g/mol. The number of amides is 2. The molecule has 38 heavy (non-hydrogen) atoms. The quantitative estimate of drug-likeness (QED) is 0.394. The highest BCUT2D eigenvalue weighted by Gasteiger charge is 2.31. The summed E-state index contributed by atoms with van der Waals surface area (Å²) < 4.78 is 38.3. The number of hydrogen-bond donors (Lipinski definition) is 2. The Morgan fingerprint density at radius 2 is 1.68 bits per heavy atom. The number of rotatable bonds is 6. The molecule has 0 radical (unpaired) electrons. The summed E-state index contributed by atoms with van der Waals surface area (Å²) in [5.41, 5.74) is 2.33. The number of halogens is 1. The van der Waals surface area contributed by atoms with Gasteiger partial charge in [0.15, 0.2) is 9.84 Å². The van der Waals surface area contributed by atoms with E-state index in [0.717, 1.165) is 23.2 Å². The summed E-state index contributed by atoms with van der Waals surface area (Å²) >= 11 is 0. The Hall–Kier alpha value is -4.18. The fourth-order valence-electron chi connectivity index (χ4n) is 4.73. The molecule has 1 fully saturated rings. The van der Waals surface area contributed by atoms with E-state index in [1.165, 1.54) is 12.1 Å². The highest BCUT2D eigenvalue weighted by molar-refractivity contribution is 7.90. The van der Waals surface area contributed by atoms with Crippen LogP contribution < -0.4 is 10.2 Å². The maximum Gasteiger partial charge on any atom is 0.252 e. The molecule has 8 nitrogen and oxygen atoms in total. The molecule has 1 aromatic heterocycles. The topological polar surface area (TPSA) is 103 Å². The SMILES string of the molecule is CS(=O)(=O)c1cc(F)ccc1N1CCN(C(=O)[C@H](NC(=O)c2ccc3cc[nH]c3c2)c2ccccc2)CC1. The van der Waals surface area contributed by atoms with Gasteiger partial charge in [-0.1, -0.05) is 36.4 Å². The summed E-state index contributed by atoms with van der Waals surface area (Å²) in [4.78, 5) is 33.4. The standard InChI is InChI=1S/C28H27FN4O4S/c1-38(36,37)25-18-22(29)9-10-24(25)32-13-15-33(16-14-32)28(35)26(20-5-3-2-4-6-20)31-27(34)21-8-7-19-11-12-30-23(19)17-21/h2-12,17-18,26,30H,13-16H2,1H3,(H,31,34)/t26-/m1/s1. The van der Waals surface area contributed by atoms with Crippen LogP contribution in [-0.2, 0) is 14.6 Å². The summed E-state index contributed by atoms with van der Waals surface area (Å²) in [5, 5.41) is 3.88. The molecule has 4 aromatic rings. The van der Waals surface area contributed by atoms with Crippen LogP contribution in [0.4, 0.5) is 10.1 Å². The number of aromatic amines is 1. The normalized spacial score (nSPS) is 14.9. The van der Waals surface area contributed by atoms with Crippen LogP contribution in [0.5, 0.6) is 0 Å². The molecule has 1 aliphatic heterocycles. The second-order valence-corrected chi connectivity index (χ2v) is 11.3. The summed E-state index contributed by atoms with van der Waals surface area (Å²) in [5.74, 6) is -1.25. The molecule has 2 N–H and O–H groups in total. The van der Waals surface area contributed by atoms with Gasteiger partial charge in [-0.3, -0.25) is 9.59 Å². The number of benzene rings is 3. The van der Waals surface area contributed by atoms with Gasteiger partial charge in [-0.25, -0.2) is 12.8 Å². The fourth-order valence-corrected chi connectivity index (χ4v) is 5.64. The van der Waals surface area contributed by atoms with Crippen LogP contribution >= 0.6 is 0 Å². The first-order valence-electron chi connectivity index (χ1n) is 12.2. The van der Waals surface area contributed by atoms with Crippen LogP contribution in [0.1, 0.15) is 22.0 Å². The van der Waals surface area contributed by atoms with Crippen molar-refractivity contribution in [3.05, 3.63) is 95.9 Å². The first-order valence-corrected chi connectivity index (χ1v) is 14.1. The molecule has 1 atom stereocenters. The summed E-state index contributed by atoms with van der Waals surface area (Å²) in [6.45, 7) is 1.35. The number of sulfone groups is 1. The van der Waals surface area contributed by atoms with Gasteiger partial charge in [0.05, 0.1) is 10.6 Å². The van der Waals surface area contributed by atoms with E-state index in [4.69, 9.17) is 0 Å². The number of carbonyl (C=O) groups is 2. The number of carbonyl (C=O) groups excluding carboxylic acids is 2. The number of nitrogens with zero attached hydrogens (tertiary/aromatic N) is 2. The van der Waals surface area contributed by atoms with Gasteiger partial charge in [0.1, 0.15) is 11.9 Å². The van der Waals surface area contributed by atoms with Gasteiger partial charge < -0.3 is 20.1 Å². The van der Waals surface area contributed by atoms with Crippen LogP contribution in [0.3, 0.4) is 0 Å². The molecule has 196 valence electrons. The highest BCUT2D eigenvalue weighted by Crippen LogP contribution is 2.28. The third kappa shape index (κ3) is 5.26. The van der Waals surface area contributed by atoms with Crippen molar-refractivity contribution in [3.8, 4) is 0 Å². The van der Waals surface area contributed by atoms with Crippen molar-refractivity contribution in [2.24, 2.45) is 0 Å². The van der Waals surface area contributed by atoms with Gasteiger partial charge in [-0.05, 0) is 47.3 Å². The first-order chi connectivity index (χ1) is 18.2. The van der Waals surface area contributed by atoms with Gasteiger partial charge in [0.2, 0.25) is 5.91 Å². The van der Waals surface area contributed by atoms with Crippen LogP contribution in [0, 0.1) is 5.82 Å². The van der Waals surface area contributed by atoms with Crippen molar-refractivity contribution >= 4 is 38.2 Å². The molecule has 2 heterocycles. The Kier molecular flexibility index (Phi) is 6.90. The van der Waals surface area contributed by atoms with E-state index >= 15 is 0 Å². The minimum Gasteiger partial charge on any atom is -0.367 e. The summed E-state index contributed by atoms with van der Waals surface area (Å²) in [6.07, 6.45) is 2.85. The second kappa shape index (κ2) is 10.3. The van der Waals surface area contributed by atoms with Gasteiger partial charge in [-0.2, -0.15) is 0 Å². The molecule has 0 spiro atoms. The maximum absolute atomic E-state index is 13.8. The minimum atomic E-state index is -3.65. The van der Waals surface area contributed by atoms with Gasteiger partial charge in [0.25, 0.3) is 5.91 Å². The second-order valence-electron chi connectivity index (χ2n) is 9.29. The van der Waals surface area contributed by atoms with Crippen molar-refractivity contribution in [1.82, 2.24) is 15.2 Å². The van der Waals surface area contributed by atoms with E-state index in [0.29, 0.717) is 43.0 Å². The molecular formula is C28H27FN4O4S. The molecule has 0 aliphatic carbocycles. The zero-order chi connectivity index (χ0) is 26.9. The third-order valence-electron chi connectivity index (χ3n) is 6.73. The van der Waals surface area contributed by atoms with Crippen LogP contribution in [0.25, 0.3) is 10.9 Å². The van der Waals surface area contributed by atoms with E-state index < -0.39 is 21.7 Å². The van der Waals surface area contributed by atoms with Crippen LogP contribution in [0.15, 0.2) is 83.9 Å². The molecule has 1 aliphatic rings. The molecule has 10 heteroatoms. The molecular weight excluding hydrogens is 507 g/mol. The minimum absolute atomic E-state index is 0.0780. The molecule has 5 rings (SSSR count). The molecule has 3 aromatic carbocycles. The lowest BCUT2D eigenvalue weighted by molar-refractivity contribution is -0.133. The van der Waals surface area contributed by atoms with E-state index in [9.17, 15) is 22.4 Å².